The van der Waals surface area contributed by atoms with Crippen molar-refractivity contribution in [2.45, 2.75) is 26.7 Å². The summed E-state index contributed by atoms with van der Waals surface area (Å²) < 4.78 is 5.26. The summed E-state index contributed by atoms with van der Waals surface area (Å²) in [6, 6.07) is 8.07. The minimum absolute atomic E-state index is 0.128. The molecule has 0 amide bonds. The Bertz CT molecular complexity index is 423. The van der Waals surface area contributed by atoms with E-state index in [4.69, 9.17) is 10.00 Å². The van der Waals surface area contributed by atoms with Gasteiger partial charge in [-0.3, -0.25) is 0 Å². The fraction of sp³-hybridized carbons (Fsp3) is 0.500. The fourth-order valence-corrected chi connectivity index (χ4v) is 1.80. The van der Waals surface area contributed by atoms with Gasteiger partial charge in [-0.05, 0) is 37.0 Å². The van der Waals surface area contributed by atoms with Gasteiger partial charge in [0.2, 0.25) is 0 Å². The molecule has 1 rings (SSSR count). The molecule has 1 aromatic rings. The minimum Gasteiger partial charge on any atom is -0.496 e. The number of rotatable bonds is 5. The fourth-order valence-electron chi connectivity index (χ4n) is 1.80. The first kappa shape index (κ1) is 13.5. The van der Waals surface area contributed by atoms with Crippen molar-refractivity contribution in [3.63, 3.8) is 0 Å². The van der Waals surface area contributed by atoms with E-state index < -0.39 is 5.41 Å². The third-order valence-electron chi connectivity index (χ3n) is 2.94. The number of aryl methyl sites for hydroxylation is 1. The molecule has 0 aliphatic heterocycles. The van der Waals surface area contributed by atoms with Gasteiger partial charge in [-0.15, -0.1) is 0 Å². The Hall–Kier alpha value is -1.53. The number of methoxy groups -OCH3 is 1. The van der Waals surface area contributed by atoms with Gasteiger partial charge in [-0.1, -0.05) is 19.1 Å². The lowest BCUT2D eigenvalue weighted by molar-refractivity contribution is 0.190. The second-order valence-corrected chi connectivity index (χ2v) is 4.51. The Kier molecular flexibility index (Phi) is 4.53. The average molecular weight is 233 g/mol. The maximum atomic E-state index is 9.23. The summed E-state index contributed by atoms with van der Waals surface area (Å²) in [5.74, 6) is 0.874. The maximum Gasteiger partial charge on any atom is 0.122 e. The third-order valence-corrected chi connectivity index (χ3v) is 2.94. The predicted molar refractivity (Wildman–Crippen MR) is 66.9 cm³/mol. The Morgan fingerprint density at radius 2 is 2.18 bits per heavy atom. The monoisotopic (exact) mass is 233 g/mol. The normalized spacial score (nSPS) is 13.8. The van der Waals surface area contributed by atoms with Crippen molar-refractivity contribution in [3.8, 4) is 11.8 Å². The average Bonchev–Trinajstić information content (AvgIpc) is 2.38. The van der Waals surface area contributed by atoms with Crippen LogP contribution in [0.2, 0.25) is 0 Å². The van der Waals surface area contributed by atoms with Crippen LogP contribution in [0, 0.1) is 16.7 Å². The molecule has 0 saturated heterocycles. The summed E-state index contributed by atoms with van der Waals surface area (Å²) in [7, 11) is 1.65. The minimum atomic E-state index is -0.709. The highest BCUT2D eigenvalue weighted by molar-refractivity contribution is 5.38. The molecule has 0 radical (unpaired) electrons. The Balaban J connectivity index is 2.98. The van der Waals surface area contributed by atoms with Crippen LogP contribution in [-0.2, 0) is 12.8 Å². The number of ether oxygens (including phenoxy) is 1. The van der Waals surface area contributed by atoms with Gasteiger partial charge >= 0.3 is 0 Å². The van der Waals surface area contributed by atoms with Crippen LogP contribution >= 0.6 is 0 Å². The quantitative estimate of drug-likeness (QED) is 0.849. The molecule has 92 valence electrons. The van der Waals surface area contributed by atoms with Crippen LogP contribution < -0.4 is 4.74 Å². The lowest BCUT2D eigenvalue weighted by Crippen LogP contribution is -2.22. The number of aliphatic hydroxyl groups excluding tert-OH is 1. The zero-order chi connectivity index (χ0) is 12.9. The van der Waals surface area contributed by atoms with Crippen molar-refractivity contribution in [2.75, 3.05) is 13.7 Å². The highest BCUT2D eigenvalue weighted by atomic mass is 16.5. The zero-order valence-corrected chi connectivity index (χ0v) is 10.7. The van der Waals surface area contributed by atoms with E-state index in [2.05, 4.69) is 13.0 Å². The topological polar surface area (TPSA) is 53.2 Å². The van der Waals surface area contributed by atoms with Gasteiger partial charge in [0.05, 0.1) is 25.2 Å². The molecule has 0 bridgehead atoms. The number of hydrogen-bond donors (Lipinski definition) is 1. The number of benzene rings is 1. The van der Waals surface area contributed by atoms with E-state index in [9.17, 15) is 5.11 Å². The summed E-state index contributed by atoms with van der Waals surface area (Å²) in [6.07, 6.45) is 1.44. The summed E-state index contributed by atoms with van der Waals surface area (Å²) in [5, 5.41) is 18.3. The molecule has 17 heavy (non-hydrogen) atoms. The number of aliphatic hydroxyl groups is 1. The van der Waals surface area contributed by atoms with Crippen LogP contribution in [0.4, 0.5) is 0 Å². The molecule has 0 aromatic heterocycles. The molecule has 0 fully saturated rings. The zero-order valence-electron chi connectivity index (χ0n) is 10.7. The van der Waals surface area contributed by atoms with Gasteiger partial charge in [0, 0.05) is 0 Å². The first-order valence-corrected chi connectivity index (χ1v) is 5.76. The van der Waals surface area contributed by atoms with Crippen LogP contribution in [0.1, 0.15) is 25.0 Å². The van der Waals surface area contributed by atoms with E-state index in [1.165, 1.54) is 0 Å². The smallest absolute Gasteiger partial charge is 0.122 e. The molecule has 0 heterocycles. The molecule has 0 saturated carbocycles. The van der Waals surface area contributed by atoms with E-state index in [0.29, 0.717) is 6.42 Å². The van der Waals surface area contributed by atoms with E-state index in [-0.39, 0.29) is 6.61 Å². The van der Waals surface area contributed by atoms with Crippen LogP contribution in [-0.4, -0.2) is 18.8 Å². The molecule has 0 aliphatic carbocycles. The predicted octanol–water partition coefficient (Wildman–Crippen LogP) is 2.32. The van der Waals surface area contributed by atoms with Gasteiger partial charge in [-0.2, -0.15) is 5.26 Å². The summed E-state index contributed by atoms with van der Waals surface area (Å²) >= 11 is 0. The van der Waals surface area contributed by atoms with E-state index in [1.54, 1.807) is 14.0 Å². The van der Waals surface area contributed by atoms with Crippen LogP contribution in [0.25, 0.3) is 0 Å². The van der Waals surface area contributed by atoms with Crippen molar-refractivity contribution in [1.29, 1.82) is 5.26 Å². The van der Waals surface area contributed by atoms with Crippen LogP contribution in [0.5, 0.6) is 5.75 Å². The highest BCUT2D eigenvalue weighted by Gasteiger charge is 2.23. The standard InChI is InChI=1S/C14H19NO2/c1-4-12-7-11(5-6-13(12)17-3)8-14(2,9-15)10-16/h5-7,16H,4,8,10H2,1-3H3. The van der Waals surface area contributed by atoms with Crippen molar-refractivity contribution < 1.29 is 9.84 Å². The Morgan fingerprint density at radius 1 is 1.47 bits per heavy atom. The van der Waals surface area contributed by atoms with Crippen molar-refractivity contribution in [1.82, 2.24) is 0 Å². The number of hydrogen-bond acceptors (Lipinski definition) is 3. The van der Waals surface area contributed by atoms with Gasteiger partial charge in [0.15, 0.2) is 0 Å². The van der Waals surface area contributed by atoms with Crippen LogP contribution in [0.15, 0.2) is 18.2 Å². The second-order valence-electron chi connectivity index (χ2n) is 4.51. The highest BCUT2D eigenvalue weighted by Crippen LogP contribution is 2.25. The first-order chi connectivity index (χ1) is 8.08. The molecule has 1 aromatic carbocycles. The summed E-state index contributed by atoms with van der Waals surface area (Å²) in [5.41, 5.74) is 1.48. The van der Waals surface area contributed by atoms with E-state index >= 15 is 0 Å². The SMILES string of the molecule is CCc1cc(CC(C)(C#N)CO)ccc1OC. The van der Waals surface area contributed by atoms with Crippen molar-refractivity contribution >= 4 is 0 Å². The second kappa shape index (κ2) is 5.70. The molecule has 3 heteroatoms. The lowest BCUT2D eigenvalue weighted by Gasteiger charge is -2.19. The maximum absolute atomic E-state index is 9.23. The molecule has 0 spiro atoms. The molecular weight excluding hydrogens is 214 g/mol. The van der Waals surface area contributed by atoms with Crippen molar-refractivity contribution in [2.24, 2.45) is 5.41 Å². The summed E-state index contributed by atoms with van der Waals surface area (Å²) in [6.45, 7) is 3.71. The van der Waals surface area contributed by atoms with Gasteiger partial charge in [0.25, 0.3) is 0 Å². The number of nitriles is 1. The lowest BCUT2D eigenvalue weighted by atomic mass is 9.85. The number of nitrogens with zero attached hydrogens (tertiary/aromatic N) is 1. The van der Waals surface area contributed by atoms with Crippen molar-refractivity contribution in [3.05, 3.63) is 29.3 Å². The molecule has 0 aliphatic rings. The molecular formula is C14H19NO2. The molecule has 1 atom stereocenters. The first-order valence-electron chi connectivity index (χ1n) is 5.76. The largest absolute Gasteiger partial charge is 0.496 e. The molecule has 3 nitrogen and oxygen atoms in total. The molecule has 1 N–H and O–H groups in total. The van der Waals surface area contributed by atoms with Crippen LogP contribution in [0.3, 0.4) is 0 Å². The Labute approximate surface area is 103 Å². The summed E-state index contributed by atoms with van der Waals surface area (Å²) in [4.78, 5) is 0. The van der Waals surface area contributed by atoms with E-state index in [1.807, 2.05) is 18.2 Å². The molecule has 1 unspecified atom stereocenters. The van der Waals surface area contributed by atoms with Gasteiger partial charge in [0.1, 0.15) is 5.75 Å². The Morgan fingerprint density at radius 3 is 2.65 bits per heavy atom. The van der Waals surface area contributed by atoms with E-state index in [0.717, 1.165) is 23.3 Å². The third kappa shape index (κ3) is 3.21. The van der Waals surface area contributed by atoms with Gasteiger partial charge in [-0.25, -0.2) is 0 Å². The van der Waals surface area contributed by atoms with Gasteiger partial charge < -0.3 is 9.84 Å².